The van der Waals surface area contributed by atoms with Crippen molar-refractivity contribution in [3.8, 4) is 11.5 Å². The van der Waals surface area contributed by atoms with E-state index in [4.69, 9.17) is 9.36 Å². The molecule has 4 rings (SSSR count). The van der Waals surface area contributed by atoms with Gasteiger partial charge < -0.3 is 9.36 Å². The molecule has 3 aromatic rings. The Kier molecular flexibility index (Phi) is 3.00. The first-order valence-corrected chi connectivity index (χ1v) is 7.29. The number of oxime groups is 1. The summed E-state index contributed by atoms with van der Waals surface area (Å²) in [4.78, 5) is 10.0. The summed E-state index contributed by atoms with van der Waals surface area (Å²) in [5.41, 5.74) is 1.80. The van der Waals surface area contributed by atoms with Gasteiger partial charge in [0, 0.05) is 19.7 Å². The quantitative estimate of drug-likeness (QED) is 0.743. The highest BCUT2D eigenvalue weighted by molar-refractivity contribution is 6.01. The van der Waals surface area contributed by atoms with E-state index in [9.17, 15) is 0 Å². The van der Waals surface area contributed by atoms with Crippen molar-refractivity contribution in [3.05, 3.63) is 54.0 Å². The summed E-state index contributed by atoms with van der Waals surface area (Å²) in [6.07, 6.45) is 2.40. The van der Waals surface area contributed by atoms with Gasteiger partial charge in [-0.25, -0.2) is 0 Å². The van der Waals surface area contributed by atoms with Crippen molar-refractivity contribution in [1.29, 1.82) is 0 Å². The molecule has 0 N–H and O–H groups in total. The smallest absolute Gasteiger partial charge is 0.274 e. The first-order valence-electron chi connectivity index (χ1n) is 7.29. The van der Waals surface area contributed by atoms with Crippen molar-refractivity contribution in [2.75, 3.05) is 0 Å². The number of aromatic nitrogens is 4. The third-order valence-corrected chi connectivity index (χ3v) is 3.79. The molecular weight excluding hydrogens is 294 g/mol. The number of hydrogen-bond donors (Lipinski definition) is 0. The number of hydrogen-bond acceptors (Lipinski definition) is 6. The van der Waals surface area contributed by atoms with Gasteiger partial charge in [0.1, 0.15) is 5.69 Å². The molecule has 2 aromatic heterocycles. The van der Waals surface area contributed by atoms with Crippen LogP contribution in [0.1, 0.15) is 24.8 Å². The molecule has 0 aliphatic carbocycles. The van der Waals surface area contributed by atoms with Crippen LogP contribution in [0.25, 0.3) is 11.5 Å². The van der Waals surface area contributed by atoms with E-state index < -0.39 is 5.60 Å². The van der Waals surface area contributed by atoms with Gasteiger partial charge in [0.2, 0.25) is 11.4 Å². The van der Waals surface area contributed by atoms with E-state index in [0.717, 1.165) is 11.3 Å². The lowest BCUT2D eigenvalue weighted by Gasteiger charge is -2.15. The van der Waals surface area contributed by atoms with Gasteiger partial charge in [0.25, 0.3) is 5.89 Å². The van der Waals surface area contributed by atoms with Gasteiger partial charge in [-0.05, 0) is 18.6 Å². The molecule has 1 atom stereocenters. The van der Waals surface area contributed by atoms with Crippen LogP contribution in [0.4, 0.5) is 0 Å². The zero-order valence-electron chi connectivity index (χ0n) is 12.8. The molecule has 0 radical (unpaired) electrons. The van der Waals surface area contributed by atoms with E-state index in [0.29, 0.717) is 23.8 Å². The first-order chi connectivity index (χ1) is 11.1. The summed E-state index contributed by atoms with van der Waals surface area (Å²) >= 11 is 0. The van der Waals surface area contributed by atoms with Gasteiger partial charge in [-0.3, -0.25) is 4.68 Å². The molecule has 0 bridgehead atoms. The maximum absolute atomic E-state index is 5.61. The maximum atomic E-state index is 5.61. The monoisotopic (exact) mass is 309 g/mol. The van der Waals surface area contributed by atoms with Crippen molar-refractivity contribution < 1.29 is 9.36 Å². The van der Waals surface area contributed by atoms with Crippen LogP contribution in [-0.4, -0.2) is 25.6 Å². The standard InChI is InChI=1S/C16H15N5O2/c1-16(10-13(19-23-16)11-6-4-3-5-7-11)15-17-14(20-22-15)12-8-9-21(2)18-12/h3-9H,10H2,1-2H3. The zero-order valence-corrected chi connectivity index (χ0v) is 12.8. The largest absolute Gasteiger partial charge is 0.379 e. The average Bonchev–Trinajstić information content (AvgIpc) is 3.27. The Morgan fingerprint density at radius 3 is 2.74 bits per heavy atom. The molecule has 3 heterocycles. The first kappa shape index (κ1) is 13.7. The minimum Gasteiger partial charge on any atom is -0.379 e. The molecule has 1 aliphatic heterocycles. The molecule has 1 unspecified atom stereocenters. The molecule has 0 saturated heterocycles. The predicted molar refractivity (Wildman–Crippen MR) is 82.5 cm³/mol. The normalized spacial score (nSPS) is 20.3. The molecule has 0 saturated carbocycles. The Morgan fingerprint density at radius 1 is 1.17 bits per heavy atom. The molecule has 0 amide bonds. The van der Waals surface area contributed by atoms with Crippen LogP contribution >= 0.6 is 0 Å². The Hall–Kier alpha value is -2.96. The summed E-state index contributed by atoms with van der Waals surface area (Å²) in [5, 5.41) is 12.5. The molecule has 1 aromatic carbocycles. The molecule has 7 heteroatoms. The lowest BCUT2D eigenvalue weighted by atomic mass is 9.96. The highest BCUT2D eigenvalue weighted by Crippen LogP contribution is 2.35. The Bertz CT molecular complexity index is 867. The second-order valence-electron chi connectivity index (χ2n) is 5.70. The van der Waals surface area contributed by atoms with Gasteiger partial charge in [0.15, 0.2) is 0 Å². The fourth-order valence-electron chi connectivity index (χ4n) is 2.52. The van der Waals surface area contributed by atoms with Crippen LogP contribution in [0.2, 0.25) is 0 Å². The predicted octanol–water partition coefficient (Wildman–Crippen LogP) is 2.51. The second kappa shape index (κ2) is 5.05. The summed E-state index contributed by atoms with van der Waals surface area (Å²) < 4.78 is 7.08. The van der Waals surface area contributed by atoms with Crippen LogP contribution in [0.15, 0.2) is 52.3 Å². The number of benzene rings is 1. The minimum atomic E-state index is -0.759. The molecule has 1 aliphatic rings. The lowest BCUT2D eigenvalue weighted by molar-refractivity contribution is -0.0313. The number of aryl methyl sites for hydroxylation is 1. The van der Waals surface area contributed by atoms with Crippen molar-refractivity contribution in [1.82, 2.24) is 19.9 Å². The fourth-order valence-corrected chi connectivity index (χ4v) is 2.52. The topological polar surface area (TPSA) is 78.3 Å². The molecule has 23 heavy (non-hydrogen) atoms. The van der Waals surface area contributed by atoms with Crippen molar-refractivity contribution in [2.45, 2.75) is 18.9 Å². The fraction of sp³-hybridized carbons (Fsp3) is 0.250. The summed E-state index contributed by atoms with van der Waals surface area (Å²) in [7, 11) is 1.84. The summed E-state index contributed by atoms with van der Waals surface area (Å²) in [6.45, 7) is 1.89. The Labute approximate surface area is 132 Å². The van der Waals surface area contributed by atoms with E-state index in [2.05, 4.69) is 20.4 Å². The van der Waals surface area contributed by atoms with Crippen LogP contribution in [-0.2, 0) is 17.5 Å². The van der Waals surface area contributed by atoms with E-state index in [-0.39, 0.29) is 0 Å². The van der Waals surface area contributed by atoms with Gasteiger partial charge in [-0.2, -0.15) is 10.1 Å². The average molecular weight is 309 g/mol. The lowest BCUT2D eigenvalue weighted by Crippen LogP contribution is -2.22. The minimum absolute atomic E-state index is 0.396. The molecule has 116 valence electrons. The zero-order chi connectivity index (χ0) is 15.9. The van der Waals surface area contributed by atoms with E-state index in [1.54, 1.807) is 4.68 Å². The van der Waals surface area contributed by atoms with E-state index in [1.165, 1.54) is 0 Å². The molecule has 0 spiro atoms. The highest BCUT2D eigenvalue weighted by Gasteiger charge is 2.42. The van der Waals surface area contributed by atoms with Crippen LogP contribution in [0, 0.1) is 0 Å². The third kappa shape index (κ3) is 2.40. The molecular formula is C16H15N5O2. The summed E-state index contributed by atoms with van der Waals surface area (Å²) in [6, 6.07) is 11.7. The summed E-state index contributed by atoms with van der Waals surface area (Å²) in [5.74, 6) is 0.839. The third-order valence-electron chi connectivity index (χ3n) is 3.79. The SMILES string of the molecule is Cn1ccc(-c2noc(C3(C)CC(c4ccccc4)=NO3)n2)n1. The molecule has 0 fully saturated rings. The molecule has 7 nitrogen and oxygen atoms in total. The Balaban J connectivity index is 1.59. The van der Waals surface area contributed by atoms with Crippen molar-refractivity contribution >= 4 is 5.71 Å². The van der Waals surface area contributed by atoms with Crippen molar-refractivity contribution in [2.24, 2.45) is 12.2 Å². The van der Waals surface area contributed by atoms with Gasteiger partial charge in [-0.1, -0.05) is 40.6 Å². The van der Waals surface area contributed by atoms with Crippen LogP contribution < -0.4 is 0 Å². The van der Waals surface area contributed by atoms with Crippen LogP contribution in [0.3, 0.4) is 0 Å². The highest BCUT2D eigenvalue weighted by atomic mass is 16.7. The van der Waals surface area contributed by atoms with Gasteiger partial charge >= 0.3 is 0 Å². The maximum Gasteiger partial charge on any atom is 0.274 e. The Morgan fingerprint density at radius 2 is 2.00 bits per heavy atom. The number of rotatable bonds is 3. The van der Waals surface area contributed by atoms with Crippen molar-refractivity contribution in [3.63, 3.8) is 0 Å². The van der Waals surface area contributed by atoms with Gasteiger partial charge in [-0.15, -0.1) is 0 Å². The number of nitrogens with zero attached hydrogens (tertiary/aromatic N) is 5. The van der Waals surface area contributed by atoms with Gasteiger partial charge in [0.05, 0.1) is 5.71 Å². The van der Waals surface area contributed by atoms with E-state index in [1.807, 2.05) is 56.6 Å². The second-order valence-corrected chi connectivity index (χ2v) is 5.70. The van der Waals surface area contributed by atoms with E-state index >= 15 is 0 Å². The van der Waals surface area contributed by atoms with Crippen LogP contribution in [0.5, 0.6) is 0 Å².